The monoisotopic (exact) mass is 310 g/mol. The quantitative estimate of drug-likeness (QED) is 0.578. The lowest BCUT2D eigenvalue weighted by molar-refractivity contribution is -0.151. The van der Waals surface area contributed by atoms with Crippen molar-refractivity contribution in [2.24, 2.45) is 13.0 Å². The molecule has 6 nitrogen and oxygen atoms in total. The zero-order chi connectivity index (χ0) is 14.9. The highest BCUT2D eigenvalue weighted by Crippen LogP contribution is 2.44. The molecule has 1 atom stereocenters. The van der Waals surface area contributed by atoms with Gasteiger partial charge in [0.1, 0.15) is 11.9 Å². The Kier molecular flexibility index (Phi) is 4.21. The van der Waals surface area contributed by atoms with Gasteiger partial charge in [-0.25, -0.2) is 9.67 Å². The van der Waals surface area contributed by atoms with E-state index in [1.807, 2.05) is 14.0 Å². The Bertz CT molecular complexity index is 513. The van der Waals surface area contributed by atoms with Crippen LogP contribution in [-0.4, -0.2) is 44.7 Å². The normalized spacial score (nSPS) is 21.0. The van der Waals surface area contributed by atoms with Gasteiger partial charge in [-0.3, -0.25) is 10.1 Å². The van der Waals surface area contributed by atoms with Crippen molar-refractivity contribution < 1.29 is 9.53 Å². The third kappa shape index (κ3) is 3.23. The van der Waals surface area contributed by atoms with Crippen LogP contribution < -0.4 is 5.32 Å². The Morgan fingerprint density at radius 3 is 2.81 bits per heavy atom. The Morgan fingerprint density at radius 2 is 2.29 bits per heavy atom. The maximum atomic E-state index is 12.6. The third-order valence-corrected chi connectivity index (χ3v) is 5.28. The highest BCUT2D eigenvalue weighted by atomic mass is 32.2. The van der Waals surface area contributed by atoms with Gasteiger partial charge in [-0.15, -0.1) is 0 Å². The number of esters is 1. The van der Waals surface area contributed by atoms with Crippen molar-refractivity contribution in [1.82, 2.24) is 20.1 Å². The largest absolute Gasteiger partial charge is 0.465 e. The summed E-state index contributed by atoms with van der Waals surface area (Å²) in [7, 11) is 1.87. The van der Waals surface area contributed by atoms with Gasteiger partial charge in [0.05, 0.1) is 6.61 Å². The first-order valence-electron chi connectivity index (χ1n) is 7.57. The van der Waals surface area contributed by atoms with Crippen LogP contribution in [0.5, 0.6) is 0 Å². The molecule has 0 radical (unpaired) electrons. The van der Waals surface area contributed by atoms with Crippen molar-refractivity contribution in [3.8, 4) is 0 Å². The fourth-order valence-corrected chi connectivity index (χ4v) is 3.73. The molecule has 0 aromatic carbocycles. The third-order valence-electron chi connectivity index (χ3n) is 4.05. The highest BCUT2D eigenvalue weighted by Gasteiger charge is 2.54. The van der Waals surface area contributed by atoms with E-state index >= 15 is 0 Å². The second-order valence-electron chi connectivity index (χ2n) is 5.84. The Balaban J connectivity index is 1.76. The SMILES string of the molecule is CCOC(=O)C(CSc1ncnn1C)(NC1CC1)C1CC1. The summed E-state index contributed by atoms with van der Waals surface area (Å²) in [5.74, 6) is 0.937. The molecular formula is C14H22N4O2S. The summed E-state index contributed by atoms with van der Waals surface area (Å²) in [5, 5.41) is 8.50. The highest BCUT2D eigenvalue weighted by molar-refractivity contribution is 7.99. The molecule has 1 heterocycles. The molecule has 2 saturated carbocycles. The summed E-state index contributed by atoms with van der Waals surface area (Å²) in [5.41, 5.74) is -0.562. The predicted octanol–water partition coefficient (Wildman–Crippen LogP) is 1.37. The van der Waals surface area contributed by atoms with Crippen molar-refractivity contribution >= 4 is 17.7 Å². The van der Waals surface area contributed by atoms with Gasteiger partial charge in [-0.05, 0) is 38.5 Å². The lowest BCUT2D eigenvalue weighted by Gasteiger charge is -2.32. The second kappa shape index (κ2) is 5.96. The van der Waals surface area contributed by atoms with E-state index < -0.39 is 5.54 Å². The summed E-state index contributed by atoms with van der Waals surface area (Å²) >= 11 is 1.58. The molecule has 0 amide bonds. The maximum Gasteiger partial charge on any atom is 0.327 e. The van der Waals surface area contributed by atoms with Gasteiger partial charge in [0.25, 0.3) is 0 Å². The molecule has 2 fully saturated rings. The van der Waals surface area contributed by atoms with E-state index in [9.17, 15) is 4.79 Å². The van der Waals surface area contributed by atoms with Crippen molar-refractivity contribution in [3.05, 3.63) is 6.33 Å². The van der Waals surface area contributed by atoms with Crippen molar-refractivity contribution in [1.29, 1.82) is 0 Å². The summed E-state index contributed by atoms with van der Waals surface area (Å²) in [4.78, 5) is 16.8. The van der Waals surface area contributed by atoms with Crippen LogP contribution in [0.2, 0.25) is 0 Å². The topological polar surface area (TPSA) is 69.0 Å². The number of hydrogen-bond acceptors (Lipinski definition) is 6. The minimum Gasteiger partial charge on any atom is -0.465 e. The van der Waals surface area contributed by atoms with Gasteiger partial charge in [0.15, 0.2) is 5.16 Å². The summed E-state index contributed by atoms with van der Waals surface area (Å²) in [6.45, 7) is 2.29. The number of ether oxygens (including phenoxy) is 1. The molecule has 21 heavy (non-hydrogen) atoms. The van der Waals surface area contributed by atoms with E-state index in [2.05, 4.69) is 15.4 Å². The number of carbonyl (C=O) groups excluding carboxylic acids is 1. The fraction of sp³-hybridized carbons (Fsp3) is 0.786. The molecule has 1 aromatic rings. The molecule has 1 aromatic heterocycles. The van der Waals surface area contributed by atoms with Crippen LogP contribution >= 0.6 is 11.8 Å². The minimum absolute atomic E-state index is 0.103. The standard InChI is InChI=1S/C14H22N4O2S/c1-3-20-12(19)14(10-4-5-10,17-11-6-7-11)8-21-13-15-9-16-18(13)2/h9-11,17H,3-8H2,1-2H3. The van der Waals surface area contributed by atoms with Gasteiger partial charge in [-0.2, -0.15) is 5.10 Å². The molecule has 1 N–H and O–H groups in total. The molecule has 0 saturated heterocycles. The number of aromatic nitrogens is 3. The Hall–Kier alpha value is -1.08. The van der Waals surface area contributed by atoms with Gasteiger partial charge in [0, 0.05) is 18.8 Å². The molecule has 116 valence electrons. The second-order valence-corrected chi connectivity index (χ2v) is 6.78. The molecular weight excluding hydrogens is 288 g/mol. The van der Waals surface area contributed by atoms with Crippen molar-refractivity contribution in [2.45, 2.75) is 49.3 Å². The van der Waals surface area contributed by atoms with Gasteiger partial charge in [-0.1, -0.05) is 11.8 Å². The molecule has 1 unspecified atom stereocenters. The van der Waals surface area contributed by atoms with E-state index in [0.717, 1.165) is 30.8 Å². The summed E-state index contributed by atoms with van der Waals surface area (Å²) < 4.78 is 7.12. The first-order valence-corrected chi connectivity index (χ1v) is 8.56. The summed E-state index contributed by atoms with van der Waals surface area (Å²) in [6, 6.07) is 0.468. The average Bonchev–Trinajstić information content (AvgIpc) is 3.35. The zero-order valence-corrected chi connectivity index (χ0v) is 13.4. The fourth-order valence-electron chi connectivity index (χ4n) is 2.58. The smallest absolute Gasteiger partial charge is 0.327 e. The Labute approximate surface area is 129 Å². The lowest BCUT2D eigenvalue weighted by atomic mass is 9.95. The molecule has 2 aliphatic rings. The first-order chi connectivity index (χ1) is 10.2. The van der Waals surface area contributed by atoms with Crippen LogP contribution in [0.1, 0.15) is 32.6 Å². The van der Waals surface area contributed by atoms with Gasteiger partial charge >= 0.3 is 5.97 Å². The number of nitrogens with one attached hydrogen (secondary N) is 1. The van der Waals surface area contributed by atoms with Crippen LogP contribution in [0.15, 0.2) is 11.5 Å². The van der Waals surface area contributed by atoms with E-state index in [-0.39, 0.29) is 5.97 Å². The van der Waals surface area contributed by atoms with Crippen LogP contribution in [0.3, 0.4) is 0 Å². The van der Waals surface area contributed by atoms with Crippen molar-refractivity contribution in [3.63, 3.8) is 0 Å². The molecule has 0 aliphatic heterocycles. The van der Waals surface area contributed by atoms with Crippen molar-refractivity contribution in [2.75, 3.05) is 12.4 Å². The van der Waals surface area contributed by atoms with E-state index in [4.69, 9.17) is 4.74 Å². The van der Waals surface area contributed by atoms with Crippen LogP contribution in [0.25, 0.3) is 0 Å². The van der Waals surface area contributed by atoms with Crippen LogP contribution in [0, 0.1) is 5.92 Å². The number of thioether (sulfide) groups is 1. The van der Waals surface area contributed by atoms with E-state index in [0.29, 0.717) is 24.3 Å². The molecule has 0 bridgehead atoms. The first kappa shape index (κ1) is 14.8. The van der Waals surface area contributed by atoms with Gasteiger partial charge in [0.2, 0.25) is 0 Å². The molecule has 3 rings (SSSR count). The molecule has 7 heteroatoms. The number of nitrogens with zero attached hydrogens (tertiary/aromatic N) is 3. The number of rotatable bonds is 8. The van der Waals surface area contributed by atoms with Crippen LogP contribution in [-0.2, 0) is 16.6 Å². The lowest BCUT2D eigenvalue weighted by Crippen LogP contribution is -2.58. The van der Waals surface area contributed by atoms with Crippen LogP contribution in [0.4, 0.5) is 0 Å². The predicted molar refractivity (Wildman–Crippen MR) is 80.0 cm³/mol. The molecule has 0 spiro atoms. The Morgan fingerprint density at radius 1 is 1.52 bits per heavy atom. The number of aryl methyl sites for hydroxylation is 1. The summed E-state index contributed by atoms with van der Waals surface area (Å²) in [6.07, 6.45) is 6.04. The zero-order valence-electron chi connectivity index (χ0n) is 12.5. The number of hydrogen-bond donors (Lipinski definition) is 1. The maximum absolute atomic E-state index is 12.6. The number of carbonyl (C=O) groups is 1. The van der Waals surface area contributed by atoms with E-state index in [1.165, 1.54) is 0 Å². The minimum atomic E-state index is -0.562. The van der Waals surface area contributed by atoms with Gasteiger partial charge < -0.3 is 4.74 Å². The van der Waals surface area contributed by atoms with E-state index in [1.54, 1.807) is 22.8 Å². The molecule has 2 aliphatic carbocycles. The average molecular weight is 310 g/mol.